The summed E-state index contributed by atoms with van der Waals surface area (Å²) in [5.41, 5.74) is 4.70. The predicted molar refractivity (Wildman–Crippen MR) is 124 cm³/mol. The fraction of sp³-hybridized carbons (Fsp3) is 0.423. The van der Waals surface area contributed by atoms with Crippen molar-refractivity contribution < 1.29 is 24.2 Å². The zero-order valence-electron chi connectivity index (χ0n) is 18.8. The van der Waals surface area contributed by atoms with Gasteiger partial charge < -0.3 is 20.5 Å². The number of carbonyl (C=O) groups is 3. The van der Waals surface area contributed by atoms with Crippen LogP contribution < -0.4 is 10.6 Å². The summed E-state index contributed by atoms with van der Waals surface area (Å²) in [4.78, 5) is 35.5. The number of hydrogen-bond donors (Lipinski definition) is 3. The van der Waals surface area contributed by atoms with Crippen LogP contribution in [0.5, 0.6) is 0 Å². The zero-order valence-corrected chi connectivity index (χ0v) is 18.8. The summed E-state index contributed by atoms with van der Waals surface area (Å²) in [7, 11) is 0. The van der Waals surface area contributed by atoms with Gasteiger partial charge >= 0.3 is 12.1 Å². The van der Waals surface area contributed by atoms with Crippen molar-refractivity contribution in [1.82, 2.24) is 10.6 Å². The van der Waals surface area contributed by atoms with E-state index in [1.54, 1.807) is 0 Å². The van der Waals surface area contributed by atoms with Gasteiger partial charge in [0.1, 0.15) is 6.61 Å². The van der Waals surface area contributed by atoms with Gasteiger partial charge in [-0.2, -0.15) is 0 Å². The summed E-state index contributed by atoms with van der Waals surface area (Å²) in [5.74, 6) is -0.967. The average Bonchev–Trinajstić information content (AvgIpc) is 3.54. The van der Waals surface area contributed by atoms with Gasteiger partial charge in [-0.25, -0.2) is 4.79 Å². The minimum Gasteiger partial charge on any atom is -0.481 e. The Hall–Kier alpha value is -3.35. The van der Waals surface area contributed by atoms with Crippen LogP contribution in [-0.4, -0.2) is 42.3 Å². The summed E-state index contributed by atoms with van der Waals surface area (Å²) in [6.45, 7) is 2.58. The van der Waals surface area contributed by atoms with Crippen molar-refractivity contribution in [1.29, 1.82) is 0 Å². The Morgan fingerprint density at radius 1 is 1.06 bits per heavy atom. The Labute approximate surface area is 193 Å². The molecular weight excluding hydrogens is 420 g/mol. The topological polar surface area (TPSA) is 105 Å². The highest BCUT2D eigenvalue weighted by atomic mass is 16.5. The molecule has 33 heavy (non-hydrogen) atoms. The number of alkyl carbamates (subject to hydrolysis) is 1. The fourth-order valence-electron chi connectivity index (χ4n) is 4.64. The Bertz CT molecular complexity index is 991. The van der Waals surface area contributed by atoms with Crippen molar-refractivity contribution in [3.05, 3.63) is 59.7 Å². The number of aliphatic carboxylic acids is 1. The molecule has 7 heteroatoms. The van der Waals surface area contributed by atoms with E-state index in [4.69, 9.17) is 9.84 Å². The number of carboxylic acid groups (broad SMARTS) is 1. The van der Waals surface area contributed by atoms with Crippen molar-refractivity contribution in [3.63, 3.8) is 0 Å². The van der Waals surface area contributed by atoms with E-state index in [0.717, 1.165) is 0 Å². The molecule has 2 aliphatic carbocycles. The Morgan fingerprint density at radius 2 is 1.70 bits per heavy atom. The number of nitrogens with one attached hydrogen (secondary N) is 2. The Balaban J connectivity index is 1.22. The molecular formula is C26H30N2O5. The second-order valence-corrected chi connectivity index (χ2v) is 8.85. The van der Waals surface area contributed by atoms with E-state index in [-0.39, 0.29) is 42.7 Å². The molecule has 174 valence electrons. The molecule has 0 saturated heterocycles. The number of hydrogen-bond acceptors (Lipinski definition) is 4. The summed E-state index contributed by atoms with van der Waals surface area (Å²) >= 11 is 0. The van der Waals surface area contributed by atoms with Crippen LogP contribution >= 0.6 is 0 Å². The van der Waals surface area contributed by atoms with Crippen LogP contribution in [0, 0.1) is 11.8 Å². The van der Waals surface area contributed by atoms with Crippen LogP contribution in [-0.2, 0) is 14.3 Å². The highest BCUT2D eigenvalue weighted by molar-refractivity contribution is 5.82. The van der Waals surface area contributed by atoms with Gasteiger partial charge in [0.2, 0.25) is 5.91 Å². The first-order chi connectivity index (χ1) is 16.0. The number of carbonyl (C=O) groups excluding carboxylic acids is 2. The van der Waals surface area contributed by atoms with E-state index in [0.29, 0.717) is 25.8 Å². The third kappa shape index (κ3) is 5.35. The van der Waals surface area contributed by atoms with E-state index < -0.39 is 12.1 Å². The molecule has 0 radical (unpaired) electrons. The van der Waals surface area contributed by atoms with Gasteiger partial charge in [0.25, 0.3) is 0 Å². The predicted octanol–water partition coefficient (Wildman–Crippen LogP) is 3.92. The largest absolute Gasteiger partial charge is 0.481 e. The first-order valence-electron chi connectivity index (χ1n) is 11.6. The van der Waals surface area contributed by atoms with E-state index in [2.05, 4.69) is 34.9 Å². The van der Waals surface area contributed by atoms with E-state index in [1.165, 1.54) is 22.3 Å². The van der Waals surface area contributed by atoms with Crippen LogP contribution in [0.2, 0.25) is 0 Å². The van der Waals surface area contributed by atoms with Crippen LogP contribution in [0.15, 0.2) is 48.5 Å². The molecule has 7 nitrogen and oxygen atoms in total. The minimum absolute atomic E-state index is 0.0133. The molecule has 0 heterocycles. The number of benzene rings is 2. The molecule has 2 aromatic rings. The van der Waals surface area contributed by atoms with Crippen molar-refractivity contribution in [2.24, 2.45) is 11.8 Å². The summed E-state index contributed by atoms with van der Waals surface area (Å²) in [6.07, 6.45) is 1.39. The molecule has 3 atom stereocenters. The fourth-order valence-corrected chi connectivity index (χ4v) is 4.64. The van der Waals surface area contributed by atoms with Gasteiger partial charge in [0.15, 0.2) is 0 Å². The van der Waals surface area contributed by atoms with Crippen molar-refractivity contribution >= 4 is 18.0 Å². The third-order valence-corrected chi connectivity index (χ3v) is 6.66. The molecule has 0 spiro atoms. The molecule has 1 fully saturated rings. The molecule has 2 aliphatic rings. The Kier molecular flexibility index (Phi) is 6.96. The SMILES string of the molecule is CCC(CCC(=O)O)NC(=O)[C@@H]1C[C@@H]1CNC(=O)OCC1c2ccccc2-c2ccccc21. The molecule has 1 unspecified atom stereocenters. The molecule has 2 amide bonds. The smallest absolute Gasteiger partial charge is 0.407 e. The monoisotopic (exact) mass is 450 g/mol. The van der Waals surface area contributed by atoms with E-state index in [9.17, 15) is 14.4 Å². The molecule has 0 aliphatic heterocycles. The van der Waals surface area contributed by atoms with Crippen molar-refractivity contribution in [2.45, 2.75) is 44.6 Å². The molecule has 2 aromatic carbocycles. The van der Waals surface area contributed by atoms with Gasteiger partial charge in [0.05, 0.1) is 0 Å². The lowest BCUT2D eigenvalue weighted by molar-refractivity contribution is -0.137. The van der Waals surface area contributed by atoms with Gasteiger partial charge in [-0.3, -0.25) is 9.59 Å². The summed E-state index contributed by atoms with van der Waals surface area (Å²) in [5, 5.41) is 14.5. The van der Waals surface area contributed by atoms with Gasteiger partial charge in [-0.05, 0) is 47.4 Å². The highest BCUT2D eigenvalue weighted by Gasteiger charge is 2.43. The Morgan fingerprint density at radius 3 is 2.30 bits per heavy atom. The van der Waals surface area contributed by atoms with Crippen LogP contribution in [0.4, 0.5) is 4.79 Å². The lowest BCUT2D eigenvalue weighted by atomic mass is 9.98. The maximum absolute atomic E-state index is 12.4. The maximum atomic E-state index is 12.4. The number of carboxylic acids is 1. The molecule has 0 aromatic heterocycles. The second kappa shape index (κ2) is 10.1. The average molecular weight is 451 g/mol. The van der Waals surface area contributed by atoms with Crippen molar-refractivity contribution in [2.75, 3.05) is 13.2 Å². The first-order valence-corrected chi connectivity index (χ1v) is 11.6. The van der Waals surface area contributed by atoms with E-state index in [1.807, 2.05) is 31.2 Å². The number of rotatable bonds is 10. The van der Waals surface area contributed by atoms with E-state index >= 15 is 0 Å². The molecule has 0 bridgehead atoms. The summed E-state index contributed by atoms with van der Waals surface area (Å²) < 4.78 is 5.54. The van der Waals surface area contributed by atoms with Crippen LogP contribution in [0.1, 0.15) is 49.7 Å². The standard InChI is InChI=1S/C26H30N2O5/c1-2-17(11-12-24(29)30)28-25(31)22-13-16(22)14-27-26(32)33-15-23-20-9-5-3-7-18(20)19-8-4-6-10-21(19)23/h3-10,16-17,22-23H,2,11-15H2,1H3,(H,27,32)(H,28,31)(H,29,30)/t16-,17?,22-/m1/s1. The molecule has 4 rings (SSSR count). The quantitative estimate of drug-likeness (QED) is 0.509. The van der Waals surface area contributed by atoms with Gasteiger partial charge in [-0.1, -0.05) is 55.5 Å². The normalized spacial score (nSPS) is 19.2. The van der Waals surface area contributed by atoms with Crippen molar-refractivity contribution in [3.8, 4) is 11.1 Å². The van der Waals surface area contributed by atoms with Crippen LogP contribution in [0.3, 0.4) is 0 Å². The molecule has 3 N–H and O–H groups in total. The maximum Gasteiger partial charge on any atom is 0.407 e. The second-order valence-electron chi connectivity index (χ2n) is 8.85. The lowest BCUT2D eigenvalue weighted by Gasteiger charge is -2.16. The molecule has 1 saturated carbocycles. The number of amides is 2. The minimum atomic E-state index is -0.862. The first kappa shape index (κ1) is 22.8. The van der Waals surface area contributed by atoms with Gasteiger partial charge in [0, 0.05) is 30.8 Å². The number of fused-ring (bicyclic) bond motifs is 3. The van der Waals surface area contributed by atoms with Crippen LogP contribution in [0.25, 0.3) is 11.1 Å². The van der Waals surface area contributed by atoms with Gasteiger partial charge in [-0.15, -0.1) is 0 Å². The number of ether oxygens (including phenoxy) is 1. The zero-order chi connectivity index (χ0) is 23.4. The third-order valence-electron chi connectivity index (χ3n) is 6.66. The highest BCUT2D eigenvalue weighted by Crippen LogP contribution is 2.44. The lowest BCUT2D eigenvalue weighted by Crippen LogP contribution is -2.37. The summed E-state index contributed by atoms with van der Waals surface area (Å²) in [6, 6.07) is 16.2.